The molecule has 0 saturated heterocycles. The minimum Gasteiger partial charge on any atom is -0.454 e. The molecule has 1 aromatic carbocycles. The average Bonchev–Trinajstić information content (AvgIpc) is 3.10. The molecule has 1 aliphatic heterocycles. The number of rotatable bonds is 4. The van der Waals surface area contributed by atoms with Crippen LogP contribution in [0, 0.1) is 0 Å². The van der Waals surface area contributed by atoms with Crippen LogP contribution in [0.15, 0.2) is 36.7 Å². The first-order valence-electron chi connectivity index (χ1n) is 8.70. The van der Waals surface area contributed by atoms with E-state index in [1.807, 2.05) is 24.3 Å². The lowest BCUT2D eigenvalue weighted by Gasteiger charge is -2.22. The van der Waals surface area contributed by atoms with E-state index in [0.29, 0.717) is 11.3 Å². The number of hydrogen-bond acceptors (Lipinski definition) is 5. The maximum absolute atomic E-state index is 12.5. The normalized spacial score (nSPS) is 16.5. The lowest BCUT2D eigenvalue weighted by Crippen LogP contribution is -2.36. The number of aromatic nitrogens is 1. The van der Waals surface area contributed by atoms with Gasteiger partial charge in [0, 0.05) is 24.0 Å². The van der Waals surface area contributed by atoms with Gasteiger partial charge in [0.05, 0.1) is 17.4 Å². The monoisotopic (exact) mass is 339 g/mol. The van der Waals surface area contributed by atoms with Crippen molar-refractivity contribution in [2.24, 2.45) is 0 Å². The number of ether oxygens (including phenoxy) is 2. The van der Waals surface area contributed by atoms with E-state index < -0.39 is 0 Å². The largest absolute Gasteiger partial charge is 0.454 e. The van der Waals surface area contributed by atoms with Gasteiger partial charge in [-0.1, -0.05) is 19.3 Å². The second kappa shape index (κ2) is 7.01. The zero-order chi connectivity index (χ0) is 17.1. The van der Waals surface area contributed by atoms with Crippen LogP contribution in [-0.4, -0.2) is 23.7 Å². The Morgan fingerprint density at radius 3 is 2.72 bits per heavy atom. The van der Waals surface area contributed by atoms with E-state index in [9.17, 15) is 4.79 Å². The number of hydrogen-bond donors (Lipinski definition) is 2. The maximum atomic E-state index is 12.5. The van der Waals surface area contributed by atoms with Crippen molar-refractivity contribution in [3.8, 4) is 11.5 Å². The number of carbonyl (C=O) groups excluding carboxylic acids is 1. The molecule has 4 rings (SSSR count). The Balaban J connectivity index is 1.44. The van der Waals surface area contributed by atoms with E-state index >= 15 is 0 Å². The lowest BCUT2D eigenvalue weighted by molar-refractivity contribution is 0.0927. The quantitative estimate of drug-likeness (QED) is 0.890. The van der Waals surface area contributed by atoms with Gasteiger partial charge in [-0.2, -0.15) is 0 Å². The van der Waals surface area contributed by atoms with Gasteiger partial charge >= 0.3 is 0 Å². The first kappa shape index (κ1) is 15.7. The van der Waals surface area contributed by atoms with Crippen LogP contribution < -0.4 is 20.1 Å². The molecule has 0 bridgehead atoms. The second-order valence-electron chi connectivity index (χ2n) is 6.46. The highest BCUT2D eigenvalue weighted by molar-refractivity contribution is 5.95. The van der Waals surface area contributed by atoms with Crippen LogP contribution in [0.2, 0.25) is 0 Å². The van der Waals surface area contributed by atoms with E-state index in [1.165, 1.54) is 19.3 Å². The van der Waals surface area contributed by atoms with E-state index in [0.717, 1.165) is 30.0 Å². The van der Waals surface area contributed by atoms with Crippen LogP contribution in [0.3, 0.4) is 0 Å². The van der Waals surface area contributed by atoms with E-state index in [2.05, 4.69) is 15.6 Å². The summed E-state index contributed by atoms with van der Waals surface area (Å²) < 4.78 is 10.7. The number of carbonyl (C=O) groups is 1. The van der Waals surface area contributed by atoms with Gasteiger partial charge in [0.1, 0.15) is 0 Å². The molecule has 2 aliphatic rings. The van der Waals surface area contributed by atoms with Gasteiger partial charge in [0.2, 0.25) is 6.79 Å². The molecule has 1 amide bonds. The molecule has 0 unspecified atom stereocenters. The van der Waals surface area contributed by atoms with Crippen molar-refractivity contribution in [1.29, 1.82) is 0 Å². The van der Waals surface area contributed by atoms with Crippen LogP contribution in [0.1, 0.15) is 42.5 Å². The van der Waals surface area contributed by atoms with Gasteiger partial charge < -0.3 is 20.1 Å². The minimum atomic E-state index is -0.0614. The molecule has 2 heterocycles. The molecule has 2 N–H and O–H groups in total. The first-order valence-corrected chi connectivity index (χ1v) is 8.70. The number of nitrogens with one attached hydrogen (secondary N) is 2. The van der Waals surface area contributed by atoms with Crippen molar-refractivity contribution in [3.63, 3.8) is 0 Å². The Hall–Kier alpha value is -2.76. The number of pyridine rings is 1. The van der Waals surface area contributed by atoms with Crippen LogP contribution in [0.4, 0.5) is 11.4 Å². The lowest BCUT2D eigenvalue weighted by atomic mass is 9.95. The summed E-state index contributed by atoms with van der Waals surface area (Å²) in [5.74, 6) is 1.39. The van der Waals surface area contributed by atoms with Crippen molar-refractivity contribution in [1.82, 2.24) is 10.3 Å². The van der Waals surface area contributed by atoms with Crippen LogP contribution in [-0.2, 0) is 0 Å². The van der Waals surface area contributed by atoms with Crippen LogP contribution >= 0.6 is 0 Å². The average molecular weight is 339 g/mol. The summed E-state index contributed by atoms with van der Waals surface area (Å²) in [6.07, 6.45) is 9.07. The molecule has 1 saturated carbocycles. The second-order valence-corrected chi connectivity index (χ2v) is 6.46. The maximum Gasteiger partial charge on any atom is 0.253 e. The highest BCUT2D eigenvalue weighted by Gasteiger charge is 2.17. The zero-order valence-electron chi connectivity index (χ0n) is 14.0. The molecule has 1 fully saturated rings. The number of benzene rings is 1. The summed E-state index contributed by atoms with van der Waals surface area (Å²) in [4.78, 5) is 16.6. The van der Waals surface area contributed by atoms with Gasteiger partial charge in [-0.25, -0.2) is 0 Å². The summed E-state index contributed by atoms with van der Waals surface area (Å²) >= 11 is 0. The third kappa shape index (κ3) is 3.68. The predicted octanol–water partition coefficient (Wildman–Crippen LogP) is 3.62. The zero-order valence-corrected chi connectivity index (χ0v) is 14.0. The fraction of sp³-hybridized carbons (Fsp3) is 0.368. The molecule has 0 atom stereocenters. The van der Waals surface area contributed by atoms with E-state index in [1.54, 1.807) is 12.4 Å². The summed E-state index contributed by atoms with van der Waals surface area (Å²) in [7, 11) is 0. The Bertz CT molecular complexity index is 772. The third-order valence-electron chi connectivity index (χ3n) is 4.60. The summed E-state index contributed by atoms with van der Waals surface area (Å²) in [6, 6.07) is 7.74. The summed E-state index contributed by atoms with van der Waals surface area (Å²) in [5.41, 5.74) is 2.18. The molecule has 1 aromatic heterocycles. The highest BCUT2D eigenvalue weighted by atomic mass is 16.7. The van der Waals surface area contributed by atoms with Crippen molar-refractivity contribution in [3.05, 3.63) is 42.2 Å². The molecule has 2 aromatic rings. The predicted molar refractivity (Wildman–Crippen MR) is 94.4 cm³/mol. The van der Waals surface area contributed by atoms with Crippen molar-refractivity contribution >= 4 is 17.3 Å². The SMILES string of the molecule is O=C(NC1CCCCC1)c1cncc(Nc2ccc3c(c2)OCO3)c1. The Morgan fingerprint density at radius 2 is 1.84 bits per heavy atom. The fourth-order valence-electron chi connectivity index (χ4n) is 3.29. The minimum absolute atomic E-state index is 0.0614. The van der Waals surface area contributed by atoms with Crippen molar-refractivity contribution in [2.75, 3.05) is 12.1 Å². The van der Waals surface area contributed by atoms with Crippen LogP contribution in [0.5, 0.6) is 11.5 Å². The van der Waals surface area contributed by atoms with Crippen molar-refractivity contribution in [2.45, 2.75) is 38.1 Å². The Kier molecular flexibility index (Phi) is 4.41. The third-order valence-corrected chi connectivity index (χ3v) is 4.60. The molecule has 6 nitrogen and oxygen atoms in total. The first-order chi connectivity index (χ1) is 12.3. The van der Waals surface area contributed by atoms with Crippen molar-refractivity contribution < 1.29 is 14.3 Å². The molecular weight excluding hydrogens is 318 g/mol. The molecule has 6 heteroatoms. The Labute approximate surface area is 146 Å². The highest BCUT2D eigenvalue weighted by Crippen LogP contribution is 2.35. The van der Waals surface area contributed by atoms with Gasteiger partial charge in [0.25, 0.3) is 5.91 Å². The standard InChI is InChI=1S/C19H21N3O3/c23-19(22-14-4-2-1-3-5-14)13-8-16(11-20-10-13)21-15-6-7-17-18(9-15)25-12-24-17/h6-11,14,21H,1-5,12H2,(H,22,23). The summed E-state index contributed by atoms with van der Waals surface area (Å²) in [5, 5.41) is 6.37. The van der Waals surface area contributed by atoms with Gasteiger partial charge in [-0.05, 0) is 31.0 Å². The number of amides is 1. The number of nitrogens with zero attached hydrogens (tertiary/aromatic N) is 1. The molecule has 25 heavy (non-hydrogen) atoms. The fourth-order valence-corrected chi connectivity index (χ4v) is 3.29. The van der Waals surface area contributed by atoms with Gasteiger partial charge in [-0.3, -0.25) is 9.78 Å². The molecule has 130 valence electrons. The molecule has 0 spiro atoms. The van der Waals surface area contributed by atoms with Gasteiger partial charge in [0.15, 0.2) is 11.5 Å². The Morgan fingerprint density at radius 1 is 1.00 bits per heavy atom. The number of anilines is 2. The van der Waals surface area contributed by atoms with E-state index in [-0.39, 0.29) is 18.7 Å². The summed E-state index contributed by atoms with van der Waals surface area (Å²) in [6.45, 7) is 0.247. The number of fused-ring (bicyclic) bond motifs is 1. The topological polar surface area (TPSA) is 72.5 Å². The smallest absolute Gasteiger partial charge is 0.253 e. The van der Waals surface area contributed by atoms with Crippen LogP contribution in [0.25, 0.3) is 0 Å². The molecule has 0 radical (unpaired) electrons. The van der Waals surface area contributed by atoms with Gasteiger partial charge in [-0.15, -0.1) is 0 Å². The molecule has 1 aliphatic carbocycles. The van der Waals surface area contributed by atoms with E-state index in [4.69, 9.17) is 9.47 Å². The molecular formula is C19H21N3O3.